The van der Waals surface area contributed by atoms with Gasteiger partial charge in [0.1, 0.15) is 6.07 Å². The number of amides is 1. The number of nitrogens with one attached hydrogen (secondary N) is 1. The van der Waals surface area contributed by atoms with Crippen LogP contribution in [0.15, 0.2) is 66.7 Å². The summed E-state index contributed by atoms with van der Waals surface area (Å²) in [4.78, 5) is 16.9. The van der Waals surface area contributed by atoms with Crippen LogP contribution in [0.2, 0.25) is 0 Å². The van der Waals surface area contributed by atoms with Crippen LogP contribution in [0.5, 0.6) is 0 Å². The molecule has 0 radical (unpaired) electrons. The van der Waals surface area contributed by atoms with E-state index in [2.05, 4.69) is 43.5 Å². The number of carbonyl (C=O) groups excluding carboxylic acids is 1. The van der Waals surface area contributed by atoms with Crippen LogP contribution in [0.1, 0.15) is 16.1 Å². The van der Waals surface area contributed by atoms with E-state index in [1.165, 1.54) is 5.69 Å². The highest BCUT2D eigenvalue weighted by Crippen LogP contribution is 2.19. The maximum atomic E-state index is 12.4. The smallest absolute Gasteiger partial charge is 0.276 e. The fourth-order valence-electron chi connectivity index (χ4n) is 3.32. The van der Waals surface area contributed by atoms with Crippen molar-refractivity contribution in [3.05, 3.63) is 78.0 Å². The molecule has 4 rings (SSSR count). The van der Waals surface area contributed by atoms with Crippen molar-refractivity contribution in [2.24, 2.45) is 0 Å². The Morgan fingerprint density at radius 2 is 1.55 bits per heavy atom. The number of hydrogen-bond donors (Lipinski definition) is 1. The van der Waals surface area contributed by atoms with Gasteiger partial charge >= 0.3 is 0 Å². The van der Waals surface area contributed by atoms with E-state index in [1.807, 2.05) is 24.3 Å². The third-order valence-corrected chi connectivity index (χ3v) is 4.90. The van der Waals surface area contributed by atoms with Gasteiger partial charge in [-0.25, -0.2) is 0 Å². The molecule has 0 aliphatic carbocycles. The Kier molecular flexibility index (Phi) is 5.34. The van der Waals surface area contributed by atoms with E-state index < -0.39 is 0 Å². The Morgan fingerprint density at radius 3 is 2.24 bits per heavy atom. The summed E-state index contributed by atoms with van der Waals surface area (Å²) in [6, 6.07) is 22.7. The second kappa shape index (κ2) is 8.40. The average Bonchev–Trinajstić information content (AvgIpc) is 2.80. The summed E-state index contributed by atoms with van der Waals surface area (Å²) in [6.07, 6.45) is 0. The van der Waals surface area contributed by atoms with E-state index in [1.54, 1.807) is 30.3 Å². The highest BCUT2D eigenvalue weighted by molar-refractivity contribution is 6.03. The SMILES string of the molecule is N#Cc1ccccc1NC(=O)c1ccc(N2CCN(c3ccccc3)CC2)nn1. The van der Waals surface area contributed by atoms with Crippen molar-refractivity contribution in [1.29, 1.82) is 5.26 Å². The molecule has 1 aliphatic rings. The van der Waals surface area contributed by atoms with Crippen molar-refractivity contribution in [1.82, 2.24) is 10.2 Å². The highest BCUT2D eigenvalue weighted by Gasteiger charge is 2.19. The van der Waals surface area contributed by atoms with Crippen LogP contribution in [0.25, 0.3) is 0 Å². The van der Waals surface area contributed by atoms with E-state index in [4.69, 9.17) is 5.26 Å². The van der Waals surface area contributed by atoms with Crippen molar-refractivity contribution in [3.63, 3.8) is 0 Å². The first kappa shape index (κ1) is 18.4. The minimum absolute atomic E-state index is 0.212. The minimum Gasteiger partial charge on any atom is -0.368 e. The first-order valence-electron chi connectivity index (χ1n) is 9.44. The summed E-state index contributed by atoms with van der Waals surface area (Å²) in [5, 5.41) is 20.2. The number of aromatic nitrogens is 2. The summed E-state index contributed by atoms with van der Waals surface area (Å²) in [6.45, 7) is 3.48. The zero-order chi connectivity index (χ0) is 20.1. The molecule has 0 unspecified atom stereocenters. The lowest BCUT2D eigenvalue weighted by Crippen LogP contribution is -2.46. The van der Waals surface area contributed by atoms with Gasteiger partial charge in [-0.1, -0.05) is 30.3 Å². The fraction of sp³-hybridized carbons (Fsp3) is 0.182. The first-order chi connectivity index (χ1) is 14.2. The third-order valence-electron chi connectivity index (χ3n) is 4.90. The molecule has 1 aromatic heterocycles. The molecule has 7 nitrogen and oxygen atoms in total. The van der Waals surface area contributed by atoms with Gasteiger partial charge in [0, 0.05) is 31.9 Å². The van der Waals surface area contributed by atoms with Crippen LogP contribution in [-0.2, 0) is 0 Å². The average molecular weight is 384 g/mol. The summed E-state index contributed by atoms with van der Waals surface area (Å²) in [5.41, 5.74) is 2.30. The van der Waals surface area contributed by atoms with Gasteiger partial charge in [-0.05, 0) is 36.4 Å². The number of para-hydroxylation sites is 2. The molecular formula is C22H20N6O. The third kappa shape index (κ3) is 4.17. The Morgan fingerprint density at radius 1 is 0.862 bits per heavy atom. The van der Waals surface area contributed by atoms with Gasteiger partial charge in [0.15, 0.2) is 11.5 Å². The van der Waals surface area contributed by atoms with Crippen LogP contribution in [0.3, 0.4) is 0 Å². The lowest BCUT2D eigenvalue weighted by Gasteiger charge is -2.36. The van der Waals surface area contributed by atoms with E-state index in [9.17, 15) is 4.79 Å². The molecular weight excluding hydrogens is 364 g/mol. The molecule has 29 heavy (non-hydrogen) atoms. The number of benzene rings is 2. The van der Waals surface area contributed by atoms with Crippen LogP contribution in [-0.4, -0.2) is 42.3 Å². The van der Waals surface area contributed by atoms with E-state index in [0.29, 0.717) is 11.3 Å². The number of piperazine rings is 1. The van der Waals surface area contributed by atoms with Gasteiger partial charge < -0.3 is 15.1 Å². The van der Waals surface area contributed by atoms with E-state index in [0.717, 1.165) is 32.0 Å². The Bertz CT molecular complexity index is 1020. The number of nitriles is 1. The van der Waals surface area contributed by atoms with Crippen LogP contribution >= 0.6 is 0 Å². The lowest BCUT2D eigenvalue weighted by molar-refractivity contribution is 0.102. The summed E-state index contributed by atoms with van der Waals surface area (Å²) in [5.74, 6) is 0.368. The van der Waals surface area contributed by atoms with Crippen molar-refractivity contribution in [2.75, 3.05) is 41.3 Å². The monoisotopic (exact) mass is 384 g/mol. The first-order valence-corrected chi connectivity index (χ1v) is 9.44. The van der Waals surface area contributed by atoms with Gasteiger partial charge in [0.2, 0.25) is 0 Å². The van der Waals surface area contributed by atoms with Gasteiger partial charge in [-0.2, -0.15) is 5.26 Å². The lowest BCUT2D eigenvalue weighted by atomic mass is 10.2. The number of carbonyl (C=O) groups is 1. The molecule has 0 saturated carbocycles. The van der Waals surface area contributed by atoms with Crippen molar-refractivity contribution in [3.8, 4) is 6.07 Å². The molecule has 0 atom stereocenters. The Balaban J connectivity index is 1.38. The molecule has 2 heterocycles. The van der Waals surface area contributed by atoms with Crippen molar-refractivity contribution in [2.45, 2.75) is 0 Å². The molecule has 0 spiro atoms. The zero-order valence-corrected chi connectivity index (χ0v) is 15.8. The van der Waals surface area contributed by atoms with Gasteiger partial charge in [-0.15, -0.1) is 10.2 Å². The molecule has 3 aromatic rings. The largest absolute Gasteiger partial charge is 0.368 e. The normalized spacial score (nSPS) is 13.6. The summed E-state index contributed by atoms with van der Waals surface area (Å²) < 4.78 is 0. The number of anilines is 3. The van der Waals surface area contributed by atoms with Crippen LogP contribution in [0.4, 0.5) is 17.2 Å². The second-order valence-electron chi connectivity index (χ2n) is 6.70. The van der Waals surface area contributed by atoms with Gasteiger partial charge in [-0.3, -0.25) is 4.79 Å². The molecule has 1 fully saturated rings. The fourth-order valence-corrected chi connectivity index (χ4v) is 3.32. The van der Waals surface area contributed by atoms with E-state index >= 15 is 0 Å². The number of rotatable bonds is 4. The molecule has 1 N–H and O–H groups in total. The standard InChI is InChI=1S/C22H20N6O/c23-16-17-6-4-5-9-19(17)24-22(29)20-10-11-21(26-25-20)28-14-12-27(13-15-28)18-7-2-1-3-8-18/h1-11H,12-15H2,(H,24,29). The molecule has 0 bridgehead atoms. The molecule has 1 aliphatic heterocycles. The van der Waals surface area contributed by atoms with E-state index in [-0.39, 0.29) is 11.6 Å². The van der Waals surface area contributed by atoms with Crippen LogP contribution in [0, 0.1) is 11.3 Å². The van der Waals surface area contributed by atoms with Crippen LogP contribution < -0.4 is 15.1 Å². The quantitative estimate of drug-likeness (QED) is 0.744. The second-order valence-corrected chi connectivity index (χ2v) is 6.70. The Labute approximate surface area is 169 Å². The molecule has 1 saturated heterocycles. The highest BCUT2D eigenvalue weighted by atomic mass is 16.1. The number of hydrogen-bond acceptors (Lipinski definition) is 6. The molecule has 2 aromatic carbocycles. The number of nitrogens with zero attached hydrogens (tertiary/aromatic N) is 5. The van der Waals surface area contributed by atoms with Gasteiger partial charge in [0.05, 0.1) is 11.3 Å². The maximum absolute atomic E-state index is 12.4. The summed E-state index contributed by atoms with van der Waals surface area (Å²) in [7, 11) is 0. The van der Waals surface area contributed by atoms with Crippen molar-refractivity contribution >= 4 is 23.1 Å². The molecule has 144 valence electrons. The zero-order valence-electron chi connectivity index (χ0n) is 15.8. The predicted octanol–water partition coefficient (Wildman–Crippen LogP) is 2.93. The van der Waals surface area contributed by atoms with Gasteiger partial charge in [0.25, 0.3) is 5.91 Å². The Hall–Kier alpha value is -3.92. The maximum Gasteiger partial charge on any atom is 0.276 e. The topological polar surface area (TPSA) is 85.2 Å². The molecule has 7 heteroatoms. The summed E-state index contributed by atoms with van der Waals surface area (Å²) >= 11 is 0. The van der Waals surface area contributed by atoms with Crippen molar-refractivity contribution < 1.29 is 4.79 Å². The minimum atomic E-state index is -0.388. The molecule has 1 amide bonds. The predicted molar refractivity (Wildman–Crippen MR) is 112 cm³/mol.